The molecule has 23 heavy (non-hydrogen) atoms. The number of rotatable bonds is 4. The van der Waals surface area contributed by atoms with E-state index in [0.717, 1.165) is 5.56 Å². The van der Waals surface area contributed by atoms with Crippen LogP contribution in [0.2, 0.25) is 0 Å². The molecule has 2 aromatic carbocycles. The van der Waals surface area contributed by atoms with E-state index < -0.39 is 5.97 Å². The average Bonchev–Trinajstić information content (AvgIpc) is 3.09. The number of benzene rings is 2. The Hall–Kier alpha value is -3.14. The van der Waals surface area contributed by atoms with Gasteiger partial charge in [0.2, 0.25) is 0 Å². The number of anilines is 1. The van der Waals surface area contributed by atoms with E-state index in [9.17, 15) is 9.59 Å². The van der Waals surface area contributed by atoms with Crippen LogP contribution in [0.25, 0.3) is 0 Å². The van der Waals surface area contributed by atoms with Gasteiger partial charge in [0.05, 0.1) is 5.56 Å². The molecule has 0 heterocycles. The van der Waals surface area contributed by atoms with Crippen molar-refractivity contribution in [3.8, 4) is 0 Å². The summed E-state index contributed by atoms with van der Waals surface area (Å²) in [5, 5.41) is 11.8. The van der Waals surface area contributed by atoms with Crippen molar-refractivity contribution < 1.29 is 14.7 Å². The lowest BCUT2D eigenvalue weighted by atomic mass is 9.95. The van der Waals surface area contributed by atoms with E-state index in [-0.39, 0.29) is 17.4 Å². The molecule has 2 N–H and O–H groups in total. The van der Waals surface area contributed by atoms with Crippen LogP contribution in [0.5, 0.6) is 0 Å². The maximum Gasteiger partial charge on any atom is 0.335 e. The molecule has 2 aromatic rings. The first kappa shape index (κ1) is 14.8. The highest BCUT2D eigenvalue weighted by molar-refractivity contribution is 6.06. The van der Waals surface area contributed by atoms with Gasteiger partial charge in [0, 0.05) is 17.2 Å². The minimum atomic E-state index is -1.03. The molecule has 0 aliphatic heterocycles. The highest BCUT2D eigenvalue weighted by Crippen LogP contribution is 2.26. The molecule has 4 nitrogen and oxygen atoms in total. The number of aromatic carboxylic acids is 1. The van der Waals surface area contributed by atoms with Gasteiger partial charge in [0.1, 0.15) is 0 Å². The van der Waals surface area contributed by atoms with Crippen molar-refractivity contribution in [2.24, 2.45) is 0 Å². The molecule has 0 bridgehead atoms. The summed E-state index contributed by atoms with van der Waals surface area (Å²) in [4.78, 5) is 23.6. The van der Waals surface area contributed by atoms with Gasteiger partial charge in [-0.3, -0.25) is 4.79 Å². The van der Waals surface area contributed by atoms with E-state index in [4.69, 9.17) is 5.11 Å². The van der Waals surface area contributed by atoms with E-state index in [2.05, 4.69) is 5.32 Å². The molecule has 3 rings (SSSR count). The number of carboxylic acids is 1. The number of carboxylic acid groups (broad SMARTS) is 1. The van der Waals surface area contributed by atoms with Crippen molar-refractivity contribution in [3.63, 3.8) is 0 Å². The van der Waals surface area contributed by atoms with Crippen LogP contribution >= 0.6 is 0 Å². The molecule has 0 aromatic heterocycles. The zero-order valence-corrected chi connectivity index (χ0v) is 12.3. The van der Waals surface area contributed by atoms with E-state index >= 15 is 0 Å². The van der Waals surface area contributed by atoms with Crippen molar-refractivity contribution in [3.05, 3.63) is 89.5 Å². The maximum atomic E-state index is 12.6. The quantitative estimate of drug-likeness (QED) is 0.901. The fourth-order valence-electron chi connectivity index (χ4n) is 2.56. The van der Waals surface area contributed by atoms with Crippen LogP contribution in [0.1, 0.15) is 32.2 Å². The summed E-state index contributed by atoms with van der Waals surface area (Å²) in [6, 6.07) is 13.6. The molecule has 1 aliphatic rings. The Kier molecular flexibility index (Phi) is 4.06. The Bertz CT molecular complexity index is 809. The molecule has 0 atom stereocenters. The summed E-state index contributed by atoms with van der Waals surface area (Å²) < 4.78 is 0. The molecule has 0 fully saturated rings. The van der Waals surface area contributed by atoms with Crippen molar-refractivity contribution in [2.45, 2.75) is 5.92 Å². The van der Waals surface area contributed by atoms with Gasteiger partial charge in [-0.2, -0.15) is 0 Å². The third-order valence-corrected chi connectivity index (χ3v) is 3.68. The van der Waals surface area contributed by atoms with Crippen LogP contribution in [0, 0.1) is 0 Å². The smallest absolute Gasteiger partial charge is 0.335 e. The Morgan fingerprint density at radius 3 is 2.43 bits per heavy atom. The highest BCUT2D eigenvalue weighted by Gasteiger charge is 2.17. The predicted octanol–water partition coefficient (Wildman–Crippen LogP) is 3.85. The minimum Gasteiger partial charge on any atom is -0.478 e. The summed E-state index contributed by atoms with van der Waals surface area (Å²) in [5.41, 5.74) is 2.10. The number of amides is 1. The third kappa shape index (κ3) is 3.21. The first-order chi connectivity index (χ1) is 11.1. The predicted molar refractivity (Wildman–Crippen MR) is 88.8 cm³/mol. The van der Waals surface area contributed by atoms with Gasteiger partial charge in [-0.15, -0.1) is 0 Å². The molecular weight excluding hydrogens is 290 g/mol. The van der Waals surface area contributed by atoms with E-state index in [1.54, 1.807) is 18.2 Å². The summed E-state index contributed by atoms with van der Waals surface area (Å²) >= 11 is 0. The highest BCUT2D eigenvalue weighted by atomic mass is 16.4. The van der Waals surface area contributed by atoms with Crippen LogP contribution in [0.4, 0.5) is 5.69 Å². The molecule has 0 radical (unpaired) electrons. The van der Waals surface area contributed by atoms with Gasteiger partial charge in [-0.1, -0.05) is 48.6 Å². The van der Waals surface area contributed by atoms with Crippen LogP contribution in [0.3, 0.4) is 0 Å². The lowest BCUT2D eigenvalue weighted by Gasteiger charge is -2.13. The summed E-state index contributed by atoms with van der Waals surface area (Å²) in [6.07, 6.45) is 7.96. The standard InChI is InChI=1S/C19H15NO3/c21-18(20-15-9-5-8-14(12-15)19(22)23)17-11-4-3-10-16(17)13-6-1-2-7-13/h1-13H,(H,20,21)(H,22,23). The van der Waals surface area contributed by atoms with Gasteiger partial charge in [0.15, 0.2) is 0 Å². The molecule has 114 valence electrons. The summed E-state index contributed by atoms with van der Waals surface area (Å²) in [6.45, 7) is 0. The average molecular weight is 305 g/mol. The lowest BCUT2D eigenvalue weighted by Crippen LogP contribution is -2.15. The van der Waals surface area contributed by atoms with Gasteiger partial charge >= 0.3 is 5.97 Å². The Balaban J connectivity index is 1.87. The first-order valence-electron chi connectivity index (χ1n) is 7.24. The number of hydrogen-bond donors (Lipinski definition) is 2. The first-order valence-corrected chi connectivity index (χ1v) is 7.24. The van der Waals surface area contributed by atoms with Gasteiger partial charge in [0.25, 0.3) is 5.91 Å². The Morgan fingerprint density at radius 2 is 1.70 bits per heavy atom. The SMILES string of the molecule is O=C(O)c1cccc(NC(=O)c2ccccc2C2C=CC=C2)c1. The topological polar surface area (TPSA) is 66.4 Å². The number of carbonyl (C=O) groups is 2. The number of carbonyl (C=O) groups excluding carboxylic acids is 1. The number of hydrogen-bond acceptors (Lipinski definition) is 2. The Labute approximate surface area is 133 Å². The van der Waals surface area contributed by atoms with Crippen LogP contribution in [-0.4, -0.2) is 17.0 Å². The third-order valence-electron chi connectivity index (χ3n) is 3.68. The van der Waals surface area contributed by atoms with Crippen LogP contribution < -0.4 is 5.32 Å². The number of allylic oxidation sites excluding steroid dienone is 4. The zero-order valence-electron chi connectivity index (χ0n) is 12.3. The molecule has 0 saturated carbocycles. The van der Waals surface area contributed by atoms with Crippen molar-refractivity contribution in [1.29, 1.82) is 0 Å². The van der Waals surface area contributed by atoms with Crippen molar-refractivity contribution >= 4 is 17.6 Å². The molecule has 0 saturated heterocycles. The van der Waals surface area contributed by atoms with Gasteiger partial charge in [-0.25, -0.2) is 4.79 Å². The van der Waals surface area contributed by atoms with E-state index in [1.165, 1.54) is 12.1 Å². The zero-order chi connectivity index (χ0) is 16.2. The largest absolute Gasteiger partial charge is 0.478 e. The van der Waals surface area contributed by atoms with E-state index in [1.807, 2.05) is 42.5 Å². The second kappa shape index (κ2) is 6.32. The fraction of sp³-hybridized carbons (Fsp3) is 0.0526. The molecular formula is C19H15NO3. The van der Waals surface area contributed by atoms with Crippen molar-refractivity contribution in [2.75, 3.05) is 5.32 Å². The summed E-state index contributed by atoms with van der Waals surface area (Å²) in [5.74, 6) is -1.19. The van der Waals surface area contributed by atoms with Crippen LogP contribution in [-0.2, 0) is 0 Å². The molecule has 1 amide bonds. The normalized spacial score (nSPS) is 13.2. The minimum absolute atomic E-state index is 0.0855. The number of nitrogens with one attached hydrogen (secondary N) is 1. The van der Waals surface area contributed by atoms with Crippen molar-refractivity contribution in [1.82, 2.24) is 0 Å². The van der Waals surface area contributed by atoms with Gasteiger partial charge in [-0.05, 0) is 29.8 Å². The second-order valence-electron chi connectivity index (χ2n) is 5.22. The fourth-order valence-corrected chi connectivity index (χ4v) is 2.56. The molecule has 0 unspecified atom stereocenters. The lowest BCUT2D eigenvalue weighted by molar-refractivity contribution is 0.0696. The second-order valence-corrected chi connectivity index (χ2v) is 5.22. The summed E-state index contributed by atoms with van der Waals surface area (Å²) in [7, 11) is 0. The molecule has 4 heteroatoms. The van der Waals surface area contributed by atoms with Gasteiger partial charge < -0.3 is 10.4 Å². The monoisotopic (exact) mass is 305 g/mol. The van der Waals surface area contributed by atoms with E-state index in [0.29, 0.717) is 11.3 Å². The maximum absolute atomic E-state index is 12.6. The molecule has 1 aliphatic carbocycles. The Morgan fingerprint density at radius 1 is 0.957 bits per heavy atom. The van der Waals surface area contributed by atoms with Crippen LogP contribution in [0.15, 0.2) is 72.8 Å². The molecule has 0 spiro atoms.